The van der Waals surface area contributed by atoms with Gasteiger partial charge in [0.1, 0.15) is 0 Å². The highest BCUT2D eigenvalue weighted by Gasteiger charge is 2.16. The lowest BCUT2D eigenvalue weighted by Gasteiger charge is -2.11. The fourth-order valence-corrected chi connectivity index (χ4v) is 4.27. The Labute approximate surface area is 176 Å². The third kappa shape index (κ3) is 4.22. The van der Waals surface area contributed by atoms with Gasteiger partial charge in [0.25, 0.3) is 0 Å². The molecular weight excluding hydrogens is 376 g/mol. The summed E-state index contributed by atoms with van der Waals surface area (Å²) in [5, 5.41) is 9.10. The molecule has 2 N–H and O–H groups in total. The lowest BCUT2D eigenvalue weighted by atomic mass is 9.99. The average molecular weight is 405 g/mol. The number of fused-ring (bicyclic) bond motifs is 3. The van der Waals surface area contributed by atoms with Gasteiger partial charge in [0.05, 0.1) is 0 Å². The zero-order valence-electron chi connectivity index (χ0n) is 17.4. The van der Waals surface area contributed by atoms with Gasteiger partial charge in [-0.2, -0.15) is 5.10 Å². The molecule has 0 atom stereocenters. The van der Waals surface area contributed by atoms with Gasteiger partial charge in [-0.3, -0.25) is 9.59 Å². The van der Waals surface area contributed by atoms with Gasteiger partial charge >= 0.3 is 11.8 Å². The largest absolute Gasteiger partial charge is 0.341 e. The van der Waals surface area contributed by atoms with Crippen LogP contribution in [0.25, 0.3) is 21.8 Å². The van der Waals surface area contributed by atoms with Gasteiger partial charge in [-0.15, -0.1) is 0 Å². The number of carbonyl (C=O) groups is 2. The molecule has 2 aromatic carbocycles. The molecule has 3 aromatic rings. The molecule has 1 aliphatic carbocycles. The molecule has 0 radical (unpaired) electrons. The monoisotopic (exact) mass is 404 g/mol. The number of hydrogen-bond donors (Lipinski definition) is 2. The Morgan fingerprint density at radius 2 is 1.60 bits per heavy atom. The highest BCUT2D eigenvalue weighted by molar-refractivity contribution is 6.39. The van der Waals surface area contributed by atoms with E-state index in [1.165, 1.54) is 19.3 Å². The number of hydrogen-bond acceptors (Lipinski definition) is 3. The summed E-state index contributed by atoms with van der Waals surface area (Å²) >= 11 is 0. The molecule has 0 bridgehead atoms. The van der Waals surface area contributed by atoms with Gasteiger partial charge in [0.15, 0.2) is 0 Å². The minimum atomic E-state index is -0.736. The van der Waals surface area contributed by atoms with Crippen LogP contribution in [0.15, 0.2) is 47.6 Å². The van der Waals surface area contributed by atoms with Crippen LogP contribution >= 0.6 is 0 Å². The summed E-state index contributed by atoms with van der Waals surface area (Å²) in [5.41, 5.74) is 6.27. The first-order valence-corrected chi connectivity index (χ1v) is 10.8. The Kier molecular flexibility index (Phi) is 6.12. The van der Waals surface area contributed by atoms with E-state index in [9.17, 15) is 9.59 Å². The molecule has 1 saturated carbocycles. The highest BCUT2D eigenvalue weighted by Crippen LogP contribution is 2.30. The summed E-state index contributed by atoms with van der Waals surface area (Å²) in [6, 6.07) is 14.0. The normalized spacial score (nSPS) is 14.9. The number of hydrazone groups is 1. The molecule has 0 spiro atoms. The molecule has 1 aliphatic rings. The first-order chi connectivity index (χ1) is 14.7. The number of carbonyl (C=O) groups excluding carboxylic acids is 2. The number of aromatic nitrogens is 1. The SMILES string of the molecule is CCn1c2ccccc2c2cc(NC(=O)C(=O)NN=C3CCCCCCC3)ccc21. The van der Waals surface area contributed by atoms with E-state index in [1.54, 1.807) is 0 Å². The standard InChI is InChI=1S/C24H28N4O2/c1-2-28-21-13-9-8-12-19(21)20-16-18(14-15-22(20)28)25-23(29)24(30)27-26-17-10-6-4-3-5-7-11-17/h8-9,12-16H,2-7,10-11H2,1H3,(H,25,29)(H,27,30). The summed E-state index contributed by atoms with van der Waals surface area (Å²) in [5.74, 6) is -1.44. The maximum Gasteiger partial charge on any atom is 0.329 e. The maximum atomic E-state index is 12.4. The number of nitrogens with zero attached hydrogens (tertiary/aromatic N) is 2. The summed E-state index contributed by atoms with van der Waals surface area (Å²) in [7, 11) is 0. The molecule has 1 aromatic heterocycles. The van der Waals surface area contributed by atoms with Crippen molar-refractivity contribution < 1.29 is 9.59 Å². The van der Waals surface area contributed by atoms with Crippen molar-refractivity contribution in [3.63, 3.8) is 0 Å². The number of aryl methyl sites for hydroxylation is 1. The zero-order chi connectivity index (χ0) is 20.9. The molecule has 1 fully saturated rings. The van der Waals surface area contributed by atoms with Crippen LogP contribution in [0, 0.1) is 0 Å². The van der Waals surface area contributed by atoms with Crippen molar-refractivity contribution in [1.82, 2.24) is 9.99 Å². The van der Waals surface area contributed by atoms with E-state index < -0.39 is 11.8 Å². The van der Waals surface area contributed by atoms with Crippen molar-refractivity contribution in [3.8, 4) is 0 Å². The molecule has 1 heterocycles. The smallest absolute Gasteiger partial charge is 0.329 e. The first-order valence-electron chi connectivity index (χ1n) is 10.8. The lowest BCUT2D eigenvalue weighted by molar-refractivity contribution is -0.136. The number of anilines is 1. The average Bonchev–Trinajstić information content (AvgIpc) is 3.05. The Morgan fingerprint density at radius 3 is 2.37 bits per heavy atom. The Hall–Kier alpha value is -3.15. The van der Waals surface area contributed by atoms with Crippen molar-refractivity contribution in [2.24, 2.45) is 5.10 Å². The van der Waals surface area contributed by atoms with Gasteiger partial charge in [-0.1, -0.05) is 37.5 Å². The van der Waals surface area contributed by atoms with Crippen LogP contribution in [-0.4, -0.2) is 22.1 Å². The van der Waals surface area contributed by atoms with Crippen LogP contribution in [0.1, 0.15) is 51.9 Å². The Balaban J connectivity index is 1.48. The van der Waals surface area contributed by atoms with E-state index >= 15 is 0 Å². The van der Waals surface area contributed by atoms with E-state index in [1.807, 2.05) is 30.3 Å². The lowest BCUT2D eigenvalue weighted by Crippen LogP contribution is -2.33. The van der Waals surface area contributed by atoms with Gasteiger partial charge in [0, 0.05) is 39.7 Å². The van der Waals surface area contributed by atoms with Gasteiger partial charge < -0.3 is 9.88 Å². The summed E-state index contributed by atoms with van der Waals surface area (Å²) < 4.78 is 2.24. The van der Waals surface area contributed by atoms with Gasteiger partial charge in [-0.25, -0.2) is 5.43 Å². The Morgan fingerprint density at radius 1 is 0.900 bits per heavy atom. The maximum absolute atomic E-state index is 12.4. The topological polar surface area (TPSA) is 75.5 Å². The predicted molar refractivity (Wildman–Crippen MR) is 122 cm³/mol. The van der Waals surface area contributed by atoms with Crippen molar-refractivity contribution in [3.05, 3.63) is 42.5 Å². The van der Waals surface area contributed by atoms with E-state index in [0.717, 1.165) is 59.7 Å². The molecule has 6 nitrogen and oxygen atoms in total. The number of amides is 2. The van der Waals surface area contributed by atoms with Gasteiger partial charge in [-0.05, 0) is 56.9 Å². The van der Waals surface area contributed by atoms with Crippen molar-refractivity contribution in [2.75, 3.05) is 5.32 Å². The summed E-state index contributed by atoms with van der Waals surface area (Å²) in [6.45, 7) is 2.97. The molecule has 0 saturated heterocycles. The number of benzene rings is 2. The highest BCUT2D eigenvalue weighted by atomic mass is 16.2. The summed E-state index contributed by atoms with van der Waals surface area (Å²) in [4.78, 5) is 24.6. The third-order valence-corrected chi connectivity index (χ3v) is 5.80. The van der Waals surface area contributed by atoms with E-state index in [4.69, 9.17) is 0 Å². The molecule has 156 valence electrons. The zero-order valence-corrected chi connectivity index (χ0v) is 17.4. The van der Waals surface area contributed by atoms with Crippen LogP contribution in [0.2, 0.25) is 0 Å². The molecule has 4 rings (SSSR count). The molecule has 2 amide bonds. The minimum Gasteiger partial charge on any atom is -0.341 e. The molecule has 0 aliphatic heterocycles. The minimum absolute atomic E-state index is 0.597. The van der Waals surface area contributed by atoms with Crippen LogP contribution in [0.4, 0.5) is 5.69 Å². The molecule has 30 heavy (non-hydrogen) atoms. The fourth-order valence-electron chi connectivity index (χ4n) is 4.27. The quantitative estimate of drug-likeness (QED) is 0.478. The second-order valence-corrected chi connectivity index (χ2v) is 7.83. The van der Waals surface area contributed by atoms with Gasteiger partial charge in [0.2, 0.25) is 0 Å². The second-order valence-electron chi connectivity index (χ2n) is 7.83. The molecular formula is C24H28N4O2. The third-order valence-electron chi connectivity index (χ3n) is 5.80. The Bertz CT molecular complexity index is 1100. The van der Waals surface area contributed by atoms with Crippen LogP contribution in [0.5, 0.6) is 0 Å². The molecule has 0 unspecified atom stereocenters. The van der Waals surface area contributed by atoms with Crippen LogP contribution in [-0.2, 0) is 16.1 Å². The molecule has 6 heteroatoms. The second kappa shape index (κ2) is 9.11. The van der Waals surface area contributed by atoms with E-state index in [0.29, 0.717) is 5.69 Å². The van der Waals surface area contributed by atoms with Crippen molar-refractivity contribution in [1.29, 1.82) is 0 Å². The summed E-state index contributed by atoms with van der Waals surface area (Å²) in [6.07, 6.45) is 7.62. The first kappa shape index (κ1) is 20.1. The fraction of sp³-hybridized carbons (Fsp3) is 0.375. The van der Waals surface area contributed by atoms with Crippen molar-refractivity contribution in [2.45, 2.75) is 58.4 Å². The number of para-hydroxylation sites is 1. The number of nitrogens with one attached hydrogen (secondary N) is 2. The van der Waals surface area contributed by atoms with E-state index in [2.05, 4.69) is 39.5 Å². The van der Waals surface area contributed by atoms with Crippen LogP contribution in [0.3, 0.4) is 0 Å². The van der Waals surface area contributed by atoms with E-state index in [-0.39, 0.29) is 0 Å². The number of rotatable bonds is 3. The predicted octanol–water partition coefficient (Wildman–Crippen LogP) is 4.97. The van der Waals surface area contributed by atoms with Crippen LogP contribution < -0.4 is 10.7 Å². The van der Waals surface area contributed by atoms with Crippen molar-refractivity contribution >= 4 is 45.0 Å².